The van der Waals surface area contributed by atoms with Gasteiger partial charge < -0.3 is 20.3 Å². The molecule has 16 heavy (non-hydrogen) atoms. The molecule has 0 aromatic carbocycles. The molecule has 7 nitrogen and oxygen atoms in total. The lowest BCUT2D eigenvalue weighted by atomic mass is 10.2. The van der Waals surface area contributed by atoms with Gasteiger partial charge >= 0.3 is 18.0 Å². The average molecular weight is 233 g/mol. The van der Waals surface area contributed by atoms with E-state index in [1.807, 2.05) is 5.32 Å². The molecule has 0 fully saturated rings. The Labute approximate surface area is 92.4 Å². The second-order valence-electron chi connectivity index (χ2n) is 4.13. The van der Waals surface area contributed by atoms with Crippen molar-refractivity contribution in [2.24, 2.45) is 0 Å². The Morgan fingerprint density at radius 3 is 2.06 bits per heavy atom. The number of amides is 1. The number of nitrogens with one attached hydrogen (secondary N) is 1. The van der Waals surface area contributed by atoms with E-state index in [2.05, 4.69) is 0 Å². The molecule has 0 aliphatic heterocycles. The van der Waals surface area contributed by atoms with Gasteiger partial charge in [-0.2, -0.15) is 0 Å². The van der Waals surface area contributed by atoms with Gasteiger partial charge in [-0.3, -0.25) is 4.79 Å². The lowest BCUT2D eigenvalue weighted by Gasteiger charge is -2.21. The first-order valence-electron chi connectivity index (χ1n) is 4.56. The van der Waals surface area contributed by atoms with Crippen molar-refractivity contribution in [1.29, 1.82) is 0 Å². The van der Waals surface area contributed by atoms with E-state index in [-0.39, 0.29) is 0 Å². The first-order chi connectivity index (χ1) is 7.11. The second-order valence-corrected chi connectivity index (χ2v) is 4.13. The first-order valence-corrected chi connectivity index (χ1v) is 4.56. The molecule has 0 saturated heterocycles. The molecule has 1 atom stereocenters. The van der Waals surface area contributed by atoms with Gasteiger partial charge in [0, 0.05) is 0 Å². The third-order valence-electron chi connectivity index (χ3n) is 1.37. The molecule has 0 unspecified atom stereocenters. The summed E-state index contributed by atoms with van der Waals surface area (Å²) in [7, 11) is 0. The number of carbonyl (C=O) groups excluding carboxylic acids is 1. The molecule has 92 valence electrons. The Bertz CT molecular complexity index is 293. The highest BCUT2D eigenvalue weighted by Gasteiger charge is 2.25. The van der Waals surface area contributed by atoms with Gasteiger partial charge in [0.1, 0.15) is 11.6 Å². The molecule has 1 amide bonds. The fraction of sp³-hybridized carbons (Fsp3) is 0.667. The summed E-state index contributed by atoms with van der Waals surface area (Å²) in [6.45, 7) is 4.83. The maximum atomic E-state index is 11.2. The molecule has 0 aliphatic rings. The quantitative estimate of drug-likeness (QED) is 0.649. The molecular weight excluding hydrogens is 218 g/mol. The summed E-state index contributed by atoms with van der Waals surface area (Å²) in [4.78, 5) is 32.1. The van der Waals surface area contributed by atoms with Gasteiger partial charge in [-0.25, -0.2) is 9.59 Å². The third kappa shape index (κ3) is 6.63. The number of carbonyl (C=O) groups is 3. The molecule has 3 N–H and O–H groups in total. The number of hydrogen-bond acceptors (Lipinski definition) is 4. The van der Waals surface area contributed by atoms with Crippen LogP contribution in [0, 0.1) is 0 Å². The first kappa shape index (κ1) is 14.2. The molecule has 0 saturated carbocycles. The van der Waals surface area contributed by atoms with Crippen LogP contribution in [0.15, 0.2) is 0 Å². The van der Waals surface area contributed by atoms with E-state index >= 15 is 0 Å². The molecule has 0 radical (unpaired) electrons. The van der Waals surface area contributed by atoms with Gasteiger partial charge in [0.15, 0.2) is 0 Å². The standard InChI is InChI=1S/C9H15NO6/c1-9(2,3)16-8(15)10-5(7(13)14)4-6(11)12/h5H,4H2,1-3H3,(H,10,15)(H,11,12)(H,13,14)/t5-/m1/s1. The summed E-state index contributed by atoms with van der Waals surface area (Å²) in [6.07, 6.45) is -1.66. The van der Waals surface area contributed by atoms with Crippen LogP contribution >= 0.6 is 0 Å². The maximum absolute atomic E-state index is 11.2. The number of rotatable bonds is 4. The van der Waals surface area contributed by atoms with Crippen LogP contribution in [0.1, 0.15) is 27.2 Å². The van der Waals surface area contributed by atoms with Crippen LogP contribution in [-0.4, -0.2) is 39.9 Å². The SMILES string of the molecule is CC(C)(C)OC(=O)N[C@H](CC(=O)O)C(=O)O. The Kier molecular flexibility index (Phi) is 4.74. The van der Waals surface area contributed by atoms with E-state index in [1.54, 1.807) is 20.8 Å². The molecular formula is C9H15NO6. The predicted molar refractivity (Wildman–Crippen MR) is 53.0 cm³/mol. The van der Waals surface area contributed by atoms with Gasteiger partial charge in [-0.1, -0.05) is 0 Å². The Morgan fingerprint density at radius 2 is 1.75 bits per heavy atom. The highest BCUT2D eigenvalue weighted by atomic mass is 16.6. The zero-order valence-corrected chi connectivity index (χ0v) is 9.31. The minimum absolute atomic E-state index is 0.700. The monoisotopic (exact) mass is 233 g/mol. The normalized spacial score (nSPS) is 12.7. The maximum Gasteiger partial charge on any atom is 0.408 e. The van der Waals surface area contributed by atoms with Crippen LogP contribution in [0.25, 0.3) is 0 Å². The number of hydrogen-bond donors (Lipinski definition) is 3. The van der Waals surface area contributed by atoms with E-state index in [9.17, 15) is 14.4 Å². The van der Waals surface area contributed by atoms with Crippen LogP contribution in [0.2, 0.25) is 0 Å². The summed E-state index contributed by atoms with van der Waals surface area (Å²) in [6, 6.07) is -1.49. The predicted octanol–water partition coefficient (Wildman–Crippen LogP) is 0.439. The molecule has 0 aromatic heterocycles. The van der Waals surface area contributed by atoms with E-state index in [1.165, 1.54) is 0 Å². The van der Waals surface area contributed by atoms with Gasteiger partial charge in [-0.05, 0) is 20.8 Å². The summed E-state index contributed by atoms with van der Waals surface area (Å²) < 4.78 is 4.79. The number of ether oxygens (including phenoxy) is 1. The number of alkyl carbamates (subject to hydrolysis) is 1. The van der Waals surface area contributed by atoms with Crippen LogP contribution in [-0.2, 0) is 14.3 Å². The highest BCUT2D eigenvalue weighted by molar-refractivity contribution is 5.84. The summed E-state index contributed by atoms with van der Waals surface area (Å²) in [5.41, 5.74) is -0.767. The summed E-state index contributed by atoms with van der Waals surface area (Å²) in [5.74, 6) is -2.74. The molecule has 0 aromatic rings. The van der Waals surface area contributed by atoms with Crippen LogP contribution in [0.5, 0.6) is 0 Å². The molecule has 7 heteroatoms. The van der Waals surface area contributed by atoms with Crippen LogP contribution in [0.3, 0.4) is 0 Å². The Hall–Kier alpha value is -1.79. The lowest BCUT2D eigenvalue weighted by molar-refractivity contribution is -0.145. The van der Waals surface area contributed by atoms with Crippen molar-refractivity contribution in [1.82, 2.24) is 5.32 Å². The zero-order chi connectivity index (χ0) is 12.9. The Balaban J connectivity index is 4.35. The summed E-state index contributed by atoms with van der Waals surface area (Å²) in [5, 5.41) is 19.0. The minimum Gasteiger partial charge on any atom is -0.481 e. The van der Waals surface area contributed by atoms with Crippen molar-refractivity contribution >= 4 is 18.0 Å². The highest BCUT2D eigenvalue weighted by Crippen LogP contribution is 2.07. The molecule has 0 heterocycles. The second kappa shape index (κ2) is 5.34. The van der Waals surface area contributed by atoms with Crippen molar-refractivity contribution in [3.8, 4) is 0 Å². The number of aliphatic carboxylic acids is 2. The van der Waals surface area contributed by atoms with E-state index in [4.69, 9.17) is 14.9 Å². The van der Waals surface area contributed by atoms with Gasteiger partial charge in [0.2, 0.25) is 0 Å². The number of carboxylic acids is 2. The minimum atomic E-state index is -1.49. The van der Waals surface area contributed by atoms with E-state index in [0.29, 0.717) is 0 Å². The average Bonchev–Trinajstić information content (AvgIpc) is 1.97. The zero-order valence-electron chi connectivity index (χ0n) is 9.31. The van der Waals surface area contributed by atoms with Crippen LogP contribution in [0.4, 0.5) is 4.79 Å². The fourth-order valence-electron chi connectivity index (χ4n) is 0.825. The largest absolute Gasteiger partial charge is 0.481 e. The van der Waals surface area contributed by atoms with Crippen molar-refractivity contribution in [2.45, 2.75) is 38.8 Å². The van der Waals surface area contributed by atoms with Gasteiger partial charge in [-0.15, -0.1) is 0 Å². The van der Waals surface area contributed by atoms with Crippen LogP contribution < -0.4 is 5.32 Å². The Morgan fingerprint density at radius 1 is 1.25 bits per heavy atom. The van der Waals surface area contributed by atoms with E-state index < -0.39 is 36.1 Å². The topological polar surface area (TPSA) is 113 Å². The molecule has 0 bridgehead atoms. The third-order valence-corrected chi connectivity index (χ3v) is 1.37. The van der Waals surface area contributed by atoms with Gasteiger partial charge in [0.25, 0.3) is 0 Å². The summed E-state index contributed by atoms with van der Waals surface area (Å²) >= 11 is 0. The van der Waals surface area contributed by atoms with Crippen molar-refractivity contribution in [3.05, 3.63) is 0 Å². The van der Waals surface area contributed by atoms with Crippen molar-refractivity contribution in [3.63, 3.8) is 0 Å². The fourth-order valence-corrected chi connectivity index (χ4v) is 0.825. The molecule has 0 spiro atoms. The number of carboxylic acid groups (broad SMARTS) is 2. The lowest BCUT2D eigenvalue weighted by Crippen LogP contribution is -2.44. The van der Waals surface area contributed by atoms with Crippen molar-refractivity contribution < 1.29 is 29.3 Å². The smallest absolute Gasteiger partial charge is 0.408 e. The van der Waals surface area contributed by atoms with Crippen molar-refractivity contribution in [2.75, 3.05) is 0 Å². The molecule has 0 rings (SSSR count). The van der Waals surface area contributed by atoms with Gasteiger partial charge in [0.05, 0.1) is 6.42 Å². The van der Waals surface area contributed by atoms with E-state index in [0.717, 1.165) is 0 Å². The molecule has 0 aliphatic carbocycles.